The summed E-state index contributed by atoms with van der Waals surface area (Å²) in [4.78, 5) is 0. The molecule has 3 rings (SSSR count). The van der Waals surface area contributed by atoms with Gasteiger partial charge in [-0.3, -0.25) is 0 Å². The summed E-state index contributed by atoms with van der Waals surface area (Å²) in [6.45, 7) is 4.41. The van der Waals surface area contributed by atoms with Crippen LogP contribution in [0.2, 0.25) is 5.02 Å². The van der Waals surface area contributed by atoms with Crippen molar-refractivity contribution in [3.63, 3.8) is 0 Å². The smallest absolute Gasteiger partial charge is 0.0484 e. The largest absolute Gasteiger partial charge is 0.316 e. The van der Waals surface area contributed by atoms with Crippen LogP contribution in [-0.4, -0.2) is 13.1 Å². The first-order chi connectivity index (χ1) is 9.25. The van der Waals surface area contributed by atoms with E-state index in [0.717, 1.165) is 30.1 Å². The fourth-order valence-electron chi connectivity index (χ4n) is 2.80. The number of hydrogen-bond acceptors (Lipinski definition) is 1. The van der Waals surface area contributed by atoms with Crippen molar-refractivity contribution in [1.29, 1.82) is 0 Å². The van der Waals surface area contributed by atoms with Gasteiger partial charge < -0.3 is 5.32 Å². The second-order valence-corrected chi connectivity index (χ2v) is 5.66. The van der Waals surface area contributed by atoms with Gasteiger partial charge in [-0.1, -0.05) is 54.9 Å². The molecule has 2 heteroatoms. The van der Waals surface area contributed by atoms with Crippen LogP contribution < -0.4 is 5.32 Å². The Kier molecular flexibility index (Phi) is 3.58. The molecule has 1 unspecified atom stereocenters. The molecule has 2 aromatic carbocycles. The van der Waals surface area contributed by atoms with Gasteiger partial charge in [-0.2, -0.15) is 0 Å². The second kappa shape index (κ2) is 5.36. The molecule has 0 saturated carbocycles. The molecule has 0 bridgehead atoms. The van der Waals surface area contributed by atoms with Crippen molar-refractivity contribution in [3.05, 3.63) is 58.6 Å². The predicted octanol–water partition coefficient (Wildman–Crippen LogP) is 4.26. The summed E-state index contributed by atoms with van der Waals surface area (Å²) >= 11 is 6.30. The van der Waals surface area contributed by atoms with E-state index in [4.69, 9.17) is 11.6 Å². The molecule has 1 aliphatic heterocycles. The molecule has 0 aromatic heterocycles. The molecule has 19 heavy (non-hydrogen) atoms. The maximum atomic E-state index is 6.30. The zero-order valence-electron chi connectivity index (χ0n) is 11.1. The molecule has 0 fully saturated rings. The molecule has 1 heterocycles. The van der Waals surface area contributed by atoms with Gasteiger partial charge in [0, 0.05) is 17.1 Å². The lowest BCUT2D eigenvalue weighted by atomic mass is 9.91. The lowest BCUT2D eigenvalue weighted by Crippen LogP contribution is -2.18. The minimum absolute atomic E-state index is 0.555. The van der Waals surface area contributed by atoms with Gasteiger partial charge in [-0.05, 0) is 41.6 Å². The molecular weight excluding hydrogens is 254 g/mol. The number of benzene rings is 2. The number of rotatable bonds is 1. The second-order valence-electron chi connectivity index (χ2n) is 5.25. The van der Waals surface area contributed by atoms with E-state index in [9.17, 15) is 0 Å². The van der Waals surface area contributed by atoms with Crippen LogP contribution in [0.5, 0.6) is 0 Å². The van der Waals surface area contributed by atoms with E-state index in [-0.39, 0.29) is 0 Å². The average Bonchev–Trinajstić information content (AvgIpc) is 2.61. The molecular formula is C17H18ClN. The zero-order valence-corrected chi connectivity index (χ0v) is 11.9. The van der Waals surface area contributed by atoms with Crippen molar-refractivity contribution in [2.45, 2.75) is 19.3 Å². The summed E-state index contributed by atoms with van der Waals surface area (Å²) in [6.07, 6.45) is 1.11. The third kappa shape index (κ3) is 2.54. The van der Waals surface area contributed by atoms with Crippen LogP contribution >= 0.6 is 11.6 Å². The maximum Gasteiger partial charge on any atom is 0.0484 e. The normalized spacial score (nSPS) is 18.7. The lowest BCUT2D eigenvalue weighted by Gasteiger charge is -2.14. The predicted molar refractivity (Wildman–Crippen MR) is 81.9 cm³/mol. The summed E-state index contributed by atoms with van der Waals surface area (Å²) in [7, 11) is 0. The van der Waals surface area contributed by atoms with E-state index < -0.39 is 0 Å². The molecule has 0 aliphatic carbocycles. The number of hydrogen-bond donors (Lipinski definition) is 1. The Labute approximate surface area is 119 Å². The third-order valence-corrected chi connectivity index (χ3v) is 4.21. The van der Waals surface area contributed by atoms with Crippen molar-refractivity contribution >= 4 is 11.6 Å². The van der Waals surface area contributed by atoms with Gasteiger partial charge in [-0.25, -0.2) is 0 Å². The minimum atomic E-state index is 0.555. The Morgan fingerprint density at radius 1 is 1.16 bits per heavy atom. The summed E-state index contributed by atoms with van der Waals surface area (Å²) < 4.78 is 0. The van der Waals surface area contributed by atoms with Crippen LogP contribution in [0.15, 0.2) is 42.5 Å². The van der Waals surface area contributed by atoms with Gasteiger partial charge in [0.1, 0.15) is 0 Å². The van der Waals surface area contributed by atoms with E-state index in [2.05, 4.69) is 36.5 Å². The SMILES string of the molecule is CC1CNCCc2ccc(-c3ccccc3Cl)cc21. The Bertz CT molecular complexity index is 592. The fourth-order valence-corrected chi connectivity index (χ4v) is 3.04. The molecule has 98 valence electrons. The topological polar surface area (TPSA) is 12.0 Å². The van der Waals surface area contributed by atoms with E-state index in [1.807, 2.05) is 18.2 Å². The highest BCUT2D eigenvalue weighted by molar-refractivity contribution is 6.33. The lowest BCUT2D eigenvalue weighted by molar-refractivity contribution is 0.644. The first kappa shape index (κ1) is 12.7. The van der Waals surface area contributed by atoms with E-state index in [0.29, 0.717) is 5.92 Å². The Balaban J connectivity index is 2.08. The summed E-state index contributed by atoms with van der Waals surface area (Å²) in [5, 5.41) is 4.31. The van der Waals surface area contributed by atoms with Crippen molar-refractivity contribution in [2.75, 3.05) is 13.1 Å². The Morgan fingerprint density at radius 2 is 2.00 bits per heavy atom. The highest BCUT2D eigenvalue weighted by Gasteiger charge is 2.15. The molecule has 0 radical (unpaired) electrons. The number of nitrogens with one attached hydrogen (secondary N) is 1. The van der Waals surface area contributed by atoms with Crippen LogP contribution in [-0.2, 0) is 6.42 Å². The number of fused-ring (bicyclic) bond motifs is 1. The molecule has 2 aromatic rings. The summed E-state index contributed by atoms with van der Waals surface area (Å²) in [5.41, 5.74) is 5.27. The quantitative estimate of drug-likeness (QED) is 0.817. The minimum Gasteiger partial charge on any atom is -0.316 e. The summed E-state index contributed by atoms with van der Waals surface area (Å²) in [5.74, 6) is 0.555. The molecule has 1 atom stereocenters. The van der Waals surface area contributed by atoms with Crippen LogP contribution in [0.4, 0.5) is 0 Å². The van der Waals surface area contributed by atoms with Gasteiger partial charge in [0.2, 0.25) is 0 Å². The van der Waals surface area contributed by atoms with Crippen molar-refractivity contribution in [3.8, 4) is 11.1 Å². The van der Waals surface area contributed by atoms with Gasteiger partial charge in [-0.15, -0.1) is 0 Å². The van der Waals surface area contributed by atoms with Crippen LogP contribution in [0.25, 0.3) is 11.1 Å². The Morgan fingerprint density at radius 3 is 2.84 bits per heavy atom. The van der Waals surface area contributed by atoms with Crippen LogP contribution in [0, 0.1) is 0 Å². The first-order valence-electron chi connectivity index (χ1n) is 6.84. The molecule has 0 amide bonds. The van der Waals surface area contributed by atoms with Crippen molar-refractivity contribution < 1.29 is 0 Å². The zero-order chi connectivity index (χ0) is 13.2. The molecule has 0 saturated heterocycles. The molecule has 1 nitrogen and oxygen atoms in total. The average molecular weight is 272 g/mol. The molecule has 1 N–H and O–H groups in total. The van der Waals surface area contributed by atoms with Gasteiger partial charge in [0.05, 0.1) is 0 Å². The van der Waals surface area contributed by atoms with E-state index >= 15 is 0 Å². The Hall–Kier alpha value is -1.31. The van der Waals surface area contributed by atoms with Crippen molar-refractivity contribution in [2.24, 2.45) is 0 Å². The first-order valence-corrected chi connectivity index (χ1v) is 7.22. The summed E-state index contributed by atoms with van der Waals surface area (Å²) in [6, 6.07) is 14.8. The standard InChI is InChI=1S/C17H18ClN/c1-12-11-19-9-8-13-6-7-14(10-16(12)13)15-4-2-3-5-17(15)18/h2-7,10,12,19H,8-9,11H2,1H3. The van der Waals surface area contributed by atoms with Gasteiger partial charge >= 0.3 is 0 Å². The maximum absolute atomic E-state index is 6.30. The number of halogens is 1. The highest BCUT2D eigenvalue weighted by atomic mass is 35.5. The van der Waals surface area contributed by atoms with Crippen molar-refractivity contribution in [1.82, 2.24) is 5.32 Å². The fraction of sp³-hybridized carbons (Fsp3) is 0.294. The molecule has 1 aliphatic rings. The van der Waals surface area contributed by atoms with Gasteiger partial charge in [0.15, 0.2) is 0 Å². The molecule has 0 spiro atoms. The van der Waals surface area contributed by atoms with Crippen LogP contribution in [0.3, 0.4) is 0 Å². The third-order valence-electron chi connectivity index (χ3n) is 3.88. The van der Waals surface area contributed by atoms with E-state index in [1.165, 1.54) is 16.7 Å². The highest BCUT2D eigenvalue weighted by Crippen LogP contribution is 2.32. The van der Waals surface area contributed by atoms with Crippen LogP contribution in [0.1, 0.15) is 24.0 Å². The van der Waals surface area contributed by atoms with Gasteiger partial charge in [0.25, 0.3) is 0 Å². The monoisotopic (exact) mass is 271 g/mol. The van der Waals surface area contributed by atoms with E-state index in [1.54, 1.807) is 0 Å².